The number of aliphatic hydroxyl groups excluding tert-OH is 1. The number of ether oxygens (including phenoxy) is 1. The van der Waals surface area contributed by atoms with Gasteiger partial charge in [-0.15, -0.1) is 0 Å². The Morgan fingerprint density at radius 3 is 2.40 bits per heavy atom. The molecule has 0 aromatic heterocycles. The summed E-state index contributed by atoms with van der Waals surface area (Å²) >= 11 is 0. The number of hydrogen-bond acceptors (Lipinski definition) is 4. The summed E-state index contributed by atoms with van der Waals surface area (Å²) in [5.74, 6) is 1.34. The molecule has 1 spiro atoms. The molecule has 0 unspecified atom stereocenters. The SMILES string of the molecule is O=C(COc1ccccc1)N1C[C@@H](O)[C@@]2(C1)[C@H](CN1CCCC1)[C@H]2c1ccccc1. The lowest BCUT2D eigenvalue weighted by atomic mass is 9.95. The average molecular weight is 407 g/mol. The van der Waals surface area contributed by atoms with Crippen LogP contribution in [0.5, 0.6) is 5.75 Å². The van der Waals surface area contributed by atoms with Crippen LogP contribution in [0.1, 0.15) is 24.3 Å². The van der Waals surface area contributed by atoms with Gasteiger partial charge in [-0.05, 0) is 55.5 Å². The molecular weight excluding hydrogens is 376 g/mol. The van der Waals surface area contributed by atoms with Crippen molar-refractivity contribution in [2.45, 2.75) is 24.9 Å². The molecule has 3 aliphatic rings. The number of para-hydroxylation sites is 1. The van der Waals surface area contributed by atoms with Crippen LogP contribution in [-0.4, -0.2) is 66.2 Å². The largest absolute Gasteiger partial charge is 0.484 e. The molecular formula is C25H30N2O3. The first kappa shape index (κ1) is 19.6. The third-order valence-corrected chi connectivity index (χ3v) is 7.31. The van der Waals surface area contributed by atoms with Crippen molar-refractivity contribution in [3.05, 3.63) is 66.2 Å². The van der Waals surface area contributed by atoms with Crippen molar-refractivity contribution < 1.29 is 14.6 Å². The second-order valence-corrected chi connectivity index (χ2v) is 9.01. The van der Waals surface area contributed by atoms with Crippen LogP contribution in [0.25, 0.3) is 0 Å². The van der Waals surface area contributed by atoms with Crippen molar-refractivity contribution in [1.82, 2.24) is 9.80 Å². The number of aliphatic hydroxyl groups is 1. The first-order valence-corrected chi connectivity index (χ1v) is 11.1. The summed E-state index contributed by atoms with van der Waals surface area (Å²) < 4.78 is 5.67. The van der Waals surface area contributed by atoms with Crippen molar-refractivity contribution in [3.63, 3.8) is 0 Å². The Kier molecular flexibility index (Phi) is 5.25. The Morgan fingerprint density at radius 1 is 1.03 bits per heavy atom. The second kappa shape index (κ2) is 8.05. The van der Waals surface area contributed by atoms with Crippen LogP contribution in [0, 0.1) is 11.3 Å². The summed E-state index contributed by atoms with van der Waals surface area (Å²) in [7, 11) is 0. The smallest absolute Gasteiger partial charge is 0.260 e. The van der Waals surface area contributed by atoms with Crippen molar-refractivity contribution in [3.8, 4) is 5.75 Å². The van der Waals surface area contributed by atoms with Gasteiger partial charge in [0.25, 0.3) is 5.91 Å². The van der Waals surface area contributed by atoms with E-state index in [1.807, 2.05) is 41.3 Å². The zero-order chi connectivity index (χ0) is 20.6. The second-order valence-electron chi connectivity index (χ2n) is 9.01. The molecule has 5 nitrogen and oxygen atoms in total. The first-order chi connectivity index (χ1) is 14.7. The van der Waals surface area contributed by atoms with E-state index in [2.05, 4.69) is 29.2 Å². The predicted molar refractivity (Wildman–Crippen MR) is 115 cm³/mol. The number of benzene rings is 2. The molecule has 0 radical (unpaired) electrons. The Bertz CT molecular complexity index is 868. The van der Waals surface area contributed by atoms with Crippen LogP contribution in [0.4, 0.5) is 0 Å². The molecule has 3 fully saturated rings. The van der Waals surface area contributed by atoms with Crippen LogP contribution >= 0.6 is 0 Å². The lowest BCUT2D eigenvalue weighted by Crippen LogP contribution is -2.34. The van der Waals surface area contributed by atoms with E-state index in [1.165, 1.54) is 18.4 Å². The number of rotatable bonds is 6. The number of hydrogen-bond donors (Lipinski definition) is 1. The standard InChI is InChI=1S/C25H30N2O3/c28-22-16-27(23(29)17-30-20-11-5-2-6-12-20)18-25(22)21(15-26-13-7-8-14-26)24(25)19-9-3-1-4-10-19/h1-6,9-12,21-22,24,28H,7-8,13-18H2/t21-,22-,24-,25-/m1/s1. The fraction of sp³-hybridized carbons (Fsp3) is 0.480. The van der Waals surface area contributed by atoms with E-state index in [4.69, 9.17) is 4.74 Å². The van der Waals surface area contributed by atoms with Crippen molar-refractivity contribution in [1.29, 1.82) is 0 Å². The van der Waals surface area contributed by atoms with Crippen molar-refractivity contribution >= 4 is 5.91 Å². The first-order valence-electron chi connectivity index (χ1n) is 11.1. The monoisotopic (exact) mass is 406 g/mol. The number of carbonyl (C=O) groups excluding carboxylic acids is 1. The van der Waals surface area contributed by atoms with Crippen molar-refractivity contribution in [2.75, 3.05) is 39.3 Å². The molecule has 30 heavy (non-hydrogen) atoms. The Morgan fingerprint density at radius 2 is 1.70 bits per heavy atom. The minimum Gasteiger partial charge on any atom is -0.484 e. The number of β-amino-alcohol motifs (C(OH)–C–C–N with tert-alkyl or cyclic N) is 1. The topological polar surface area (TPSA) is 53.0 Å². The molecule has 1 aliphatic carbocycles. The summed E-state index contributed by atoms with van der Waals surface area (Å²) in [4.78, 5) is 17.2. The molecule has 1 saturated carbocycles. The maximum atomic E-state index is 12.9. The van der Waals surface area contributed by atoms with Gasteiger partial charge >= 0.3 is 0 Å². The third-order valence-electron chi connectivity index (χ3n) is 7.31. The van der Waals surface area contributed by atoms with Gasteiger partial charge in [-0.1, -0.05) is 48.5 Å². The molecule has 2 aromatic rings. The molecule has 1 amide bonds. The number of amides is 1. The number of carbonyl (C=O) groups is 1. The quantitative estimate of drug-likeness (QED) is 0.802. The van der Waals surface area contributed by atoms with Crippen LogP contribution in [0.2, 0.25) is 0 Å². The molecule has 2 aliphatic heterocycles. The van der Waals surface area contributed by atoms with Crippen LogP contribution in [-0.2, 0) is 4.79 Å². The predicted octanol–water partition coefficient (Wildman–Crippen LogP) is 2.76. The summed E-state index contributed by atoms with van der Waals surface area (Å²) in [6.07, 6.45) is 2.04. The third kappa shape index (κ3) is 3.50. The lowest BCUT2D eigenvalue weighted by Gasteiger charge is -2.19. The van der Waals surface area contributed by atoms with Gasteiger partial charge in [0.2, 0.25) is 0 Å². The normalized spacial score (nSPS) is 30.7. The van der Waals surface area contributed by atoms with Gasteiger partial charge in [0.15, 0.2) is 6.61 Å². The fourth-order valence-corrected chi connectivity index (χ4v) is 5.75. The maximum Gasteiger partial charge on any atom is 0.260 e. The Hall–Kier alpha value is -2.37. The summed E-state index contributed by atoms with van der Waals surface area (Å²) in [5, 5.41) is 11.1. The Labute approximate surface area is 178 Å². The van der Waals surface area contributed by atoms with Gasteiger partial charge in [-0.3, -0.25) is 4.79 Å². The minimum absolute atomic E-state index is 0.0135. The van der Waals surface area contributed by atoms with Gasteiger partial charge in [-0.25, -0.2) is 0 Å². The highest BCUT2D eigenvalue weighted by Gasteiger charge is 2.71. The number of nitrogens with zero attached hydrogens (tertiary/aromatic N) is 2. The molecule has 0 bridgehead atoms. The van der Waals surface area contributed by atoms with Gasteiger partial charge in [0.1, 0.15) is 5.75 Å². The Balaban J connectivity index is 1.30. The molecule has 2 saturated heterocycles. The summed E-state index contributed by atoms with van der Waals surface area (Å²) in [6.45, 7) is 4.34. The maximum absolute atomic E-state index is 12.9. The van der Waals surface area contributed by atoms with Gasteiger partial charge in [0.05, 0.1) is 6.10 Å². The average Bonchev–Trinajstić information content (AvgIpc) is 3.07. The lowest BCUT2D eigenvalue weighted by molar-refractivity contribution is -0.132. The van der Waals surface area contributed by atoms with Gasteiger partial charge < -0.3 is 19.6 Å². The highest BCUT2D eigenvalue weighted by molar-refractivity contribution is 5.78. The number of likely N-dealkylation sites (tertiary alicyclic amines) is 2. The van der Waals surface area contributed by atoms with Crippen LogP contribution in [0.3, 0.4) is 0 Å². The molecule has 2 heterocycles. The molecule has 158 valence electrons. The van der Waals surface area contributed by atoms with Crippen LogP contribution < -0.4 is 4.74 Å². The molecule has 4 atom stereocenters. The van der Waals surface area contributed by atoms with E-state index in [0.717, 1.165) is 19.6 Å². The zero-order valence-electron chi connectivity index (χ0n) is 17.3. The molecule has 1 N–H and O–H groups in total. The summed E-state index contributed by atoms with van der Waals surface area (Å²) in [6, 6.07) is 20.0. The van der Waals surface area contributed by atoms with Crippen LogP contribution in [0.15, 0.2) is 60.7 Å². The van der Waals surface area contributed by atoms with Crippen molar-refractivity contribution in [2.24, 2.45) is 11.3 Å². The van der Waals surface area contributed by atoms with Gasteiger partial charge in [0, 0.05) is 25.0 Å². The van der Waals surface area contributed by atoms with Gasteiger partial charge in [-0.2, -0.15) is 0 Å². The highest BCUT2D eigenvalue weighted by atomic mass is 16.5. The molecule has 5 heteroatoms. The minimum atomic E-state index is -0.490. The van der Waals surface area contributed by atoms with E-state index in [9.17, 15) is 9.90 Å². The highest BCUT2D eigenvalue weighted by Crippen LogP contribution is 2.69. The molecule has 2 aromatic carbocycles. The van der Waals surface area contributed by atoms with E-state index in [-0.39, 0.29) is 17.9 Å². The zero-order valence-corrected chi connectivity index (χ0v) is 17.3. The summed E-state index contributed by atoms with van der Waals surface area (Å²) in [5.41, 5.74) is 1.06. The van der Waals surface area contributed by atoms with E-state index >= 15 is 0 Å². The van der Waals surface area contributed by atoms with E-state index < -0.39 is 6.10 Å². The molecule has 5 rings (SSSR count). The fourth-order valence-electron chi connectivity index (χ4n) is 5.75. The van der Waals surface area contributed by atoms with E-state index in [0.29, 0.717) is 30.7 Å². The van der Waals surface area contributed by atoms with E-state index in [1.54, 1.807) is 0 Å².